The van der Waals surface area contributed by atoms with Gasteiger partial charge < -0.3 is 29.4 Å². The second-order valence-corrected chi connectivity index (χ2v) is 8.86. The highest BCUT2D eigenvalue weighted by Gasteiger charge is 2.25. The molecule has 210 valence electrons. The van der Waals surface area contributed by atoms with Gasteiger partial charge in [-0.15, -0.1) is 5.10 Å². The summed E-state index contributed by atoms with van der Waals surface area (Å²) in [5.41, 5.74) is 8.09. The Balaban J connectivity index is 1.83. The molecular formula is C29H33N5O6. The van der Waals surface area contributed by atoms with Crippen LogP contribution in [0.2, 0.25) is 0 Å². The third-order valence-corrected chi connectivity index (χ3v) is 6.40. The zero-order valence-corrected chi connectivity index (χ0v) is 22.9. The van der Waals surface area contributed by atoms with Gasteiger partial charge in [0.05, 0.1) is 27.9 Å². The number of nitrogens with zero attached hydrogens (tertiary/aromatic N) is 2. The van der Waals surface area contributed by atoms with Gasteiger partial charge in [-0.05, 0) is 41.8 Å². The van der Waals surface area contributed by atoms with E-state index in [1.54, 1.807) is 52.7 Å². The molecule has 11 heteroatoms. The van der Waals surface area contributed by atoms with Gasteiger partial charge in [-0.1, -0.05) is 36.4 Å². The van der Waals surface area contributed by atoms with Gasteiger partial charge in [0.15, 0.2) is 11.5 Å². The summed E-state index contributed by atoms with van der Waals surface area (Å²) in [5.74, 6) is 1.90. The van der Waals surface area contributed by atoms with Crippen LogP contribution in [0.4, 0.5) is 0 Å². The lowest BCUT2D eigenvalue weighted by Gasteiger charge is -2.20. The molecule has 0 saturated carbocycles. The molecule has 11 nitrogen and oxygen atoms in total. The van der Waals surface area contributed by atoms with E-state index in [0.717, 1.165) is 11.1 Å². The fourth-order valence-corrected chi connectivity index (χ4v) is 4.36. The molecule has 0 amide bonds. The third-order valence-electron chi connectivity index (χ3n) is 6.40. The van der Waals surface area contributed by atoms with Gasteiger partial charge in [-0.3, -0.25) is 10.4 Å². The van der Waals surface area contributed by atoms with Crippen molar-refractivity contribution >= 4 is 5.84 Å². The summed E-state index contributed by atoms with van der Waals surface area (Å²) in [5, 5.41) is 12.4. The van der Waals surface area contributed by atoms with Crippen molar-refractivity contribution in [3.63, 3.8) is 0 Å². The second kappa shape index (κ2) is 12.9. The van der Waals surface area contributed by atoms with E-state index in [1.165, 1.54) is 4.68 Å². The number of aromatic nitrogens is 3. The van der Waals surface area contributed by atoms with Crippen molar-refractivity contribution < 1.29 is 23.7 Å². The van der Waals surface area contributed by atoms with Crippen LogP contribution in [-0.4, -0.2) is 62.3 Å². The Bertz CT molecular complexity index is 1490. The fraction of sp³-hybridized carbons (Fsp3) is 0.276. The molecule has 1 aromatic heterocycles. The van der Waals surface area contributed by atoms with E-state index in [9.17, 15) is 4.79 Å². The predicted molar refractivity (Wildman–Crippen MR) is 151 cm³/mol. The van der Waals surface area contributed by atoms with Crippen molar-refractivity contribution in [2.24, 2.45) is 5.73 Å². The number of H-pyrrole nitrogens is 1. The van der Waals surface area contributed by atoms with E-state index < -0.39 is 11.6 Å². The summed E-state index contributed by atoms with van der Waals surface area (Å²) in [6.07, 6.45) is 0.466. The van der Waals surface area contributed by atoms with Crippen LogP contribution >= 0.6 is 0 Å². The van der Waals surface area contributed by atoms with Crippen molar-refractivity contribution in [3.8, 4) is 28.7 Å². The normalized spacial score (nSPS) is 11.6. The van der Waals surface area contributed by atoms with Crippen LogP contribution in [0, 0.1) is 5.41 Å². The fourth-order valence-electron chi connectivity index (χ4n) is 4.36. The molecule has 0 saturated heterocycles. The maximum absolute atomic E-state index is 13.1. The Labute approximate surface area is 231 Å². The number of amidine groups is 1. The van der Waals surface area contributed by atoms with Crippen LogP contribution in [-0.2, 0) is 11.2 Å². The largest absolute Gasteiger partial charge is 0.494 e. The summed E-state index contributed by atoms with van der Waals surface area (Å²) < 4.78 is 29.1. The first kappa shape index (κ1) is 28.2. The quantitative estimate of drug-likeness (QED) is 0.131. The molecule has 0 aliphatic carbocycles. The van der Waals surface area contributed by atoms with Crippen LogP contribution in [0.3, 0.4) is 0 Å². The van der Waals surface area contributed by atoms with E-state index in [1.807, 2.05) is 36.4 Å². The van der Waals surface area contributed by atoms with E-state index in [0.29, 0.717) is 59.7 Å². The standard InChI is InChI=1S/C29H33N5O6/c1-36-13-14-40-26-24(38-3)16-20(17-25(26)39-4)21(15-18-9-11-19(12-10-18)27(30)31)28-32-29(35)34(33-28)22-7-5-6-8-23(22)37-2/h5-12,16-17,21H,13-15H2,1-4H3,(H3,30,31)(H,32,33,35). The lowest BCUT2D eigenvalue weighted by atomic mass is 9.90. The molecule has 0 bridgehead atoms. The second-order valence-electron chi connectivity index (χ2n) is 8.86. The summed E-state index contributed by atoms with van der Waals surface area (Å²) in [6.45, 7) is 0.708. The number of ether oxygens (including phenoxy) is 5. The van der Waals surface area contributed by atoms with Gasteiger partial charge >= 0.3 is 5.69 Å². The molecule has 1 atom stereocenters. The van der Waals surface area contributed by atoms with Crippen molar-refractivity contribution in [3.05, 3.63) is 93.7 Å². The molecular weight excluding hydrogens is 514 g/mol. The van der Waals surface area contributed by atoms with Crippen molar-refractivity contribution in [1.82, 2.24) is 14.8 Å². The topological polar surface area (TPSA) is 147 Å². The first-order chi connectivity index (χ1) is 19.4. The van der Waals surface area contributed by atoms with Gasteiger partial charge in [0.2, 0.25) is 5.75 Å². The number of rotatable bonds is 13. The van der Waals surface area contributed by atoms with Crippen molar-refractivity contribution in [2.75, 3.05) is 41.7 Å². The number of nitrogens with one attached hydrogen (secondary N) is 2. The smallest absolute Gasteiger partial charge is 0.348 e. The lowest BCUT2D eigenvalue weighted by molar-refractivity contribution is 0.142. The lowest BCUT2D eigenvalue weighted by Crippen LogP contribution is -2.16. The number of methoxy groups -OCH3 is 4. The molecule has 1 heterocycles. The van der Waals surface area contributed by atoms with Gasteiger partial charge in [0.25, 0.3) is 0 Å². The molecule has 4 N–H and O–H groups in total. The Morgan fingerprint density at radius 1 is 0.950 bits per heavy atom. The number of hydrogen-bond acceptors (Lipinski definition) is 8. The van der Waals surface area contributed by atoms with Crippen LogP contribution < -0.4 is 30.4 Å². The van der Waals surface area contributed by atoms with E-state index in [2.05, 4.69) is 10.1 Å². The first-order valence-electron chi connectivity index (χ1n) is 12.5. The summed E-state index contributed by atoms with van der Waals surface area (Å²) in [7, 11) is 6.24. The summed E-state index contributed by atoms with van der Waals surface area (Å²) in [4.78, 5) is 16.1. The van der Waals surface area contributed by atoms with Crippen LogP contribution in [0.5, 0.6) is 23.0 Å². The highest BCUT2D eigenvalue weighted by atomic mass is 16.6. The zero-order chi connectivity index (χ0) is 28.6. The molecule has 0 spiro atoms. The molecule has 1 unspecified atom stereocenters. The van der Waals surface area contributed by atoms with E-state index in [4.69, 9.17) is 34.8 Å². The van der Waals surface area contributed by atoms with Gasteiger partial charge in [-0.2, -0.15) is 4.68 Å². The minimum atomic E-state index is -0.414. The molecule has 40 heavy (non-hydrogen) atoms. The highest BCUT2D eigenvalue weighted by Crippen LogP contribution is 2.42. The average Bonchev–Trinajstić information content (AvgIpc) is 3.36. The van der Waals surface area contributed by atoms with E-state index in [-0.39, 0.29) is 5.84 Å². The SMILES string of the molecule is COCCOc1c(OC)cc(C(Cc2ccc(C(=N)N)cc2)c2nn(-c3ccccc3OC)c(=O)[nH]2)cc1OC. The first-order valence-corrected chi connectivity index (χ1v) is 12.5. The maximum Gasteiger partial charge on any atom is 0.348 e. The number of hydrogen-bond donors (Lipinski definition) is 3. The third kappa shape index (κ3) is 6.10. The highest BCUT2D eigenvalue weighted by molar-refractivity contribution is 5.94. The maximum atomic E-state index is 13.1. The molecule has 0 aliphatic rings. The van der Waals surface area contributed by atoms with Gasteiger partial charge in [0, 0.05) is 18.6 Å². The Hall–Kier alpha value is -4.77. The minimum Gasteiger partial charge on any atom is -0.494 e. The van der Waals surface area contributed by atoms with Gasteiger partial charge in [0.1, 0.15) is 29.7 Å². The molecule has 4 aromatic rings. The molecule has 4 rings (SSSR count). The number of nitrogen functional groups attached to an aromatic ring is 1. The monoisotopic (exact) mass is 547 g/mol. The van der Waals surface area contributed by atoms with Crippen LogP contribution in [0.1, 0.15) is 28.4 Å². The number of nitrogens with two attached hydrogens (primary N) is 1. The molecule has 0 aliphatic heterocycles. The zero-order valence-electron chi connectivity index (χ0n) is 22.9. The Kier molecular flexibility index (Phi) is 9.07. The predicted octanol–water partition coefficient (Wildman–Crippen LogP) is 3.27. The summed E-state index contributed by atoms with van der Waals surface area (Å²) >= 11 is 0. The number of para-hydroxylation sites is 2. The molecule has 0 fully saturated rings. The number of benzene rings is 3. The van der Waals surface area contributed by atoms with Gasteiger partial charge in [-0.25, -0.2) is 4.79 Å². The molecule has 0 radical (unpaired) electrons. The molecule has 3 aromatic carbocycles. The summed E-state index contributed by atoms with van der Waals surface area (Å²) in [6, 6.07) is 18.2. The average molecular weight is 548 g/mol. The Morgan fingerprint density at radius 2 is 1.60 bits per heavy atom. The van der Waals surface area contributed by atoms with Crippen LogP contribution in [0.25, 0.3) is 5.69 Å². The van der Waals surface area contributed by atoms with Crippen molar-refractivity contribution in [1.29, 1.82) is 5.41 Å². The Morgan fingerprint density at radius 3 is 2.20 bits per heavy atom. The van der Waals surface area contributed by atoms with E-state index >= 15 is 0 Å². The van der Waals surface area contributed by atoms with Crippen molar-refractivity contribution in [2.45, 2.75) is 12.3 Å². The minimum absolute atomic E-state index is 0.0125. The van der Waals surface area contributed by atoms with Crippen LogP contribution in [0.15, 0.2) is 65.5 Å². The number of aromatic amines is 1.